The van der Waals surface area contributed by atoms with Crippen LogP contribution >= 0.6 is 0 Å². The molecule has 0 bridgehead atoms. The molecule has 2 unspecified atom stereocenters. The quantitative estimate of drug-likeness (QED) is 0.517. The van der Waals surface area contributed by atoms with Gasteiger partial charge in [-0.3, -0.25) is 0 Å². The molecule has 0 heteroatoms. The summed E-state index contributed by atoms with van der Waals surface area (Å²) in [6.45, 7) is 14.5. The van der Waals surface area contributed by atoms with Crippen molar-refractivity contribution in [2.75, 3.05) is 0 Å². The van der Waals surface area contributed by atoms with E-state index in [1.165, 1.54) is 19.3 Å². The molecule has 1 rings (SSSR count). The molecular formula is C13H26. The van der Waals surface area contributed by atoms with Crippen LogP contribution in [0.1, 0.15) is 60.8 Å². The average molecular weight is 182 g/mol. The molecule has 0 heterocycles. The van der Waals surface area contributed by atoms with Crippen LogP contribution in [0, 0.1) is 22.7 Å². The maximum atomic E-state index is 2.43. The highest BCUT2D eigenvalue weighted by molar-refractivity contribution is 4.88. The van der Waals surface area contributed by atoms with E-state index in [4.69, 9.17) is 0 Å². The Hall–Kier alpha value is 0. The Morgan fingerprint density at radius 2 is 1.69 bits per heavy atom. The highest BCUT2D eigenvalue weighted by Gasteiger charge is 2.37. The second-order valence-electron chi connectivity index (χ2n) is 6.73. The third kappa shape index (κ3) is 2.48. The molecule has 1 aliphatic rings. The molecule has 1 saturated carbocycles. The van der Waals surface area contributed by atoms with Crippen molar-refractivity contribution in [2.24, 2.45) is 22.7 Å². The van der Waals surface area contributed by atoms with Crippen LogP contribution < -0.4 is 0 Å². The van der Waals surface area contributed by atoms with Crippen LogP contribution in [0.5, 0.6) is 0 Å². The van der Waals surface area contributed by atoms with Gasteiger partial charge in [0.15, 0.2) is 0 Å². The average Bonchev–Trinajstić information content (AvgIpc) is 1.92. The van der Waals surface area contributed by atoms with Crippen molar-refractivity contribution in [3.63, 3.8) is 0 Å². The molecule has 2 atom stereocenters. The highest BCUT2D eigenvalue weighted by Crippen LogP contribution is 2.47. The lowest BCUT2D eigenvalue weighted by molar-refractivity contribution is 0.0578. The van der Waals surface area contributed by atoms with Crippen LogP contribution in [0.2, 0.25) is 0 Å². The zero-order valence-electron chi connectivity index (χ0n) is 10.3. The van der Waals surface area contributed by atoms with Gasteiger partial charge in [-0.05, 0) is 41.9 Å². The summed E-state index contributed by atoms with van der Waals surface area (Å²) in [6, 6.07) is 0. The Bertz CT molecular complexity index is 171. The SMILES string of the molecule is CC1CC(C(C)(C)C)CCC1(C)C. The van der Waals surface area contributed by atoms with E-state index in [-0.39, 0.29) is 0 Å². The highest BCUT2D eigenvalue weighted by atomic mass is 14.4. The second kappa shape index (κ2) is 3.29. The first kappa shape index (κ1) is 11.1. The predicted octanol–water partition coefficient (Wildman–Crippen LogP) is 4.49. The van der Waals surface area contributed by atoms with E-state index in [2.05, 4.69) is 41.5 Å². The molecule has 0 aromatic heterocycles. The monoisotopic (exact) mass is 182 g/mol. The maximum absolute atomic E-state index is 2.43. The van der Waals surface area contributed by atoms with Gasteiger partial charge in [0.05, 0.1) is 0 Å². The van der Waals surface area contributed by atoms with Crippen molar-refractivity contribution in [3.8, 4) is 0 Å². The van der Waals surface area contributed by atoms with Crippen LogP contribution in [-0.2, 0) is 0 Å². The molecule has 0 radical (unpaired) electrons. The lowest BCUT2D eigenvalue weighted by Gasteiger charge is -2.45. The normalized spacial score (nSPS) is 34.6. The molecule has 13 heavy (non-hydrogen) atoms. The van der Waals surface area contributed by atoms with Crippen LogP contribution in [0.25, 0.3) is 0 Å². The summed E-state index contributed by atoms with van der Waals surface area (Å²) in [6.07, 6.45) is 4.27. The van der Waals surface area contributed by atoms with E-state index in [1.807, 2.05) is 0 Å². The fourth-order valence-corrected chi connectivity index (χ4v) is 2.44. The van der Waals surface area contributed by atoms with Gasteiger partial charge < -0.3 is 0 Å². The minimum absolute atomic E-state index is 0.519. The van der Waals surface area contributed by atoms with Gasteiger partial charge in [0.1, 0.15) is 0 Å². The Morgan fingerprint density at radius 1 is 1.15 bits per heavy atom. The van der Waals surface area contributed by atoms with Crippen LogP contribution in [-0.4, -0.2) is 0 Å². The fourth-order valence-electron chi connectivity index (χ4n) is 2.44. The first-order chi connectivity index (χ1) is 5.73. The van der Waals surface area contributed by atoms with Crippen molar-refractivity contribution in [1.82, 2.24) is 0 Å². The zero-order chi connectivity index (χ0) is 10.3. The Labute approximate surface area is 84.1 Å². The van der Waals surface area contributed by atoms with Gasteiger partial charge in [-0.2, -0.15) is 0 Å². The molecule has 0 N–H and O–H groups in total. The van der Waals surface area contributed by atoms with Crippen LogP contribution in [0.3, 0.4) is 0 Å². The number of rotatable bonds is 0. The molecule has 78 valence electrons. The Kier molecular flexibility index (Phi) is 2.81. The molecule has 0 amide bonds. The lowest BCUT2D eigenvalue weighted by Crippen LogP contribution is -2.35. The fraction of sp³-hybridized carbons (Fsp3) is 1.00. The Balaban J connectivity index is 2.61. The van der Waals surface area contributed by atoms with Crippen molar-refractivity contribution in [2.45, 2.75) is 60.8 Å². The van der Waals surface area contributed by atoms with Gasteiger partial charge in [-0.1, -0.05) is 41.5 Å². The summed E-state index contributed by atoms with van der Waals surface area (Å²) < 4.78 is 0. The molecule has 0 saturated heterocycles. The second-order valence-corrected chi connectivity index (χ2v) is 6.73. The third-order valence-electron chi connectivity index (χ3n) is 4.33. The van der Waals surface area contributed by atoms with Crippen LogP contribution in [0.4, 0.5) is 0 Å². The first-order valence-corrected chi connectivity index (χ1v) is 5.73. The maximum Gasteiger partial charge on any atom is -0.0328 e. The van der Waals surface area contributed by atoms with Crippen molar-refractivity contribution >= 4 is 0 Å². The van der Waals surface area contributed by atoms with Crippen LogP contribution in [0.15, 0.2) is 0 Å². The van der Waals surface area contributed by atoms with Crippen molar-refractivity contribution in [3.05, 3.63) is 0 Å². The number of hydrogen-bond acceptors (Lipinski definition) is 0. The molecule has 0 aromatic carbocycles. The summed E-state index contributed by atoms with van der Waals surface area (Å²) in [5.41, 5.74) is 1.10. The molecule has 1 aliphatic carbocycles. The molecule has 0 aliphatic heterocycles. The topological polar surface area (TPSA) is 0 Å². The summed E-state index contributed by atoms with van der Waals surface area (Å²) in [4.78, 5) is 0. The van der Waals surface area contributed by atoms with E-state index in [9.17, 15) is 0 Å². The third-order valence-corrected chi connectivity index (χ3v) is 4.33. The van der Waals surface area contributed by atoms with Gasteiger partial charge in [-0.25, -0.2) is 0 Å². The molecule has 1 fully saturated rings. The van der Waals surface area contributed by atoms with E-state index < -0.39 is 0 Å². The van der Waals surface area contributed by atoms with E-state index in [1.54, 1.807) is 0 Å². The van der Waals surface area contributed by atoms with E-state index in [0.29, 0.717) is 10.8 Å². The minimum Gasteiger partial charge on any atom is -0.0620 e. The summed E-state index contributed by atoms with van der Waals surface area (Å²) in [5, 5.41) is 0. The van der Waals surface area contributed by atoms with E-state index in [0.717, 1.165) is 11.8 Å². The summed E-state index contributed by atoms with van der Waals surface area (Å²) >= 11 is 0. The van der Waals surface area contributed by atoms with Gasteiger partial charge in [0.2, 0.25) is 0 Å². The van der Waals surface area contributed by atoms with Gasteiger partial charge in [-0.15, -0.1) is 0 Å². The molecule has 0 aromatic rings. The molecule has 0 nitrogen and oxygen atoms in total. The number of hydrogen-bond donors (Lipinski definition) is 0. The van der Waals surface area contributed by atoms with Gasteiger partial charge >= 0.3 is 0 Å². The van der Waals surface area contributed by atoms with Crippen molar-refractivity contribution < 1.29 is 0 Å². The lowest BCUT2D eigenvalue weighted by atomic mass is 9.61. The van der Waals surface area contributed by atoms with Gasteiger partial charge in [0, 0.05) is 0 Å². The van der Waals surface area contributed by atoms with Crippen molar-refractivity contribution in [1.29, 1.82) is 0 Å². The minimum atomic E-state index is 0.519. The predicted molar refractivity (Wildman–Crippen MR) is 59.7 cm³/mol. The van der Waals surface area contributed by atoms with Gasteiger partial charge in [0.25, 0.3) is 0 Å². The summed E-state index contributed by atoms with van der Waals surface area (Å²) in [7, 11) is 0. The summed E-state index contributed by atoms with van der Waals surface area (Å²) in [5.74, 6) is 1.83. The smallest absolute Gasteiger partial charge is 0.0328 e. The van der Waals surface area contributed by atoms with E-state index >= 15 is 0 Å². The largest absolute Gasteiger partial charge is 0.0620 e. The molecule has 0 spiro atoms. The first-order valence-electron chi connectivity index (χ1n) is 5.73. The molecular weight excluding hydrogens is 156 g/mol. The Morgan fingerprint density at radius 3 is 2.08 bits per heavy atom. The standard InChI is InChI=1S/C13H26/c1-10-9-11(12(2,3)4)7-8-13(10,5)6/h10-11H,7-9H2,1-6H3. The zero-order valence-corrected chi connectivity index (χ0v) is 10.3.